The van der Waals surface area contributed by atoms with Crippen LogP contribution in [-0.4, -0.2) is 21.6 Å². The van der Waals surface area contributed by atoms with Gasteiger partial charge < -0.3 is 4.57 Å². The summed E-state index contributed by atoms with van der Waals surface area (Å²) in [5, 5.41) is -0.362. The molecular formula is C13H15ClF2N2S. The number of imidazole rings is 1. The van der Waals surface area contributed by atoms with E-state index in [0.717, 1.165) is 11.8 Å². The Morgan fingerprint density at radius 2 is 2.05 bits per heavy atom. The molecule has 2 nitrogen and oxygen atoms in total. The molecule has 0 N–H and O–H groups in total. The molecule has 6 heteroatoms. The quantitative estimate of drug-likeness (QED) is 0.772. The maximum atomic E-state index is 13.8. The second-order valence-electron chi connectivity index (χ2n) is 4.52. The first-order chi connectivity index (χ1) is 8.95. The zero-order valence-corrected chi connectivity index (χ0v) is 12.5. The van der Waals surface area contributed by atoms with E-state index < -0.39 is 11.6 Å². The van der Waals surface area contributed by atoms with E-state index in [-0.39, 0.29) is 16.9 Å². The number of rotatable bonds is 4. The number of thioether (sulfide) groups is 1. The lowest BCUT2D eigenvalue weighted by molar-refractivity contribution is 0.582. The topological polar surface area (TPSA) is 17.8 Å². The van der Waals surface area contributed by atoms with Crippen molar-refractivity contribution in [2.45, 2.75) is 25.3 Å². The summed E-state index contributed by atoms with van der Waals surface area (Å²) in [7, 11) is 0. The van der Waals surface area contributed by atoms with Gasteiger partial charge in [0.15, 0.2) is 5.82 Å². The van der Waals surface area contributed by atoms with Gasteiger partial charge in [-0.3, -0.25) is 0 Å². The molecule has 0 aliphatic heterocycles. The smallest absolute Gasteiger partial charge is 0.153 e. The van der Waals surface area contributed by atoms with Gasteiger partial charge in [0.05, 0.1) is 10.9 Å². The highest BCUT2D eigenvalue weighted by molar-refractivity contribution is 7.98. The van der Waals surface area contributed by atoms with Gasteiger partial charge in [0.1, 0.15) is 17.2 Å². The Balaban J connectivity index is 2.72. The molecule has 1 heterocycles. The lowest BCUT2D eigenvalue weighted by Gasteiger charge is -2.17. The largest absolute Gasteiger partial charge is 0.323 e. The van der Waals surface area contributed by atoms with E-state index in [1.807, 2.05) is 17.7 Å². The van der Waals surface area contributed by atoms with Gasteiger partial charge in [-0.15, -0.1) is 11.6 Å². The first kappa shape index (κ1) is 14.6. The van der Waals surface area contributed by atoms with Crippen LogP contribution in [0.4, 0.5) is 8.78 Å². The molecule has 2 atom stereocenters. The number of benzene rings is 1. The van der Waals surface area contributed by atoms with Crippen molar-refractivity contribution in [2.75, 3.05) is 12.0 Å². The fourth-order valence-corrected chi connectivity index (χ4v) is 2.98. The summed E-state index contributed by atoms with van der Waals surface area (Å²) >= 11 is 7.78. The molecular weight excluding hydrogens is 290 g/mol. The molecule has 0 spiro atoms. The Morgan fingerprint density at radius 3 is 2.63 bits per heavy atom. The van der Waals surface area contributed by atoms with E-state index in [1.165, 1.54) is 6.07 Å². The van der Waals surface area contributed by atoms with Gasteiger partial charge in [-0.05, 0) is 26.2 Å². The second-order valence-corrected chi connectivity index (χ2v) is 6.08. The zero-order chi connectivity index (χ0) is 14.2. The van der Waals surface area contributed by atoms with Crippen LogP contribution < -0.4 is 0 Å². The van der Waals surface area contributed by atoms with Gasteiger partial charge in [0.25, 0.3) is 0 Å². The first-order valence-corrected chi connectivity index (χ1v) is 7.78. The lowest BCUT2D eigenvalue weighted by Crippen LogP contribution is -2.12. The molecule has 19 heavy (non-hydrogen) atoms. The van der Waals surface area contributed by atoms with Crippen molar-refractivity contribution in [3.05, 3.63) is 29.6 Å². The van der Waals surface area contributed by atoms with Crippen LogP contribution in [0.2, 0.25) is 0 Å². The average Bonchev–Trinajstić information content (AvgIpc) is 2.68. The fraction of sp³-hybridized carbons (Fsp3) is 0.462. The Hall–Kier alpha value is -0.810. The van der Waals surface area contributed by atoms with Crippen LogP contribution in [-0.2, 0) is 0 Å². The van der Waals surface area contributed by atoms with Crippen molar-refractivity contribution < 1.29 is 8.78 Å². The molecule has 0 aliphatic carbocycles. The number of aromatic nitrogens is 2. The molecule has 0 amide bonds. The standard InChI is InChI=1S/C13H15ClF2N2S/c1-7(6-19-3)18-11-5-9(15)4-10(16)12(11)17-13(18)8(2)14/h4-5,7-8H,6H2,1-3H3. The van der Waals surface area contributed by atoms with Crippen molar-refractivity contribution >= 4 is 34.4 Å². The predicted octanol–water partition coefficient (Wildman–Crippen LogP) is 4.54. The van der Waals surface area contributed by atoms with E-state index >= 15 is 0 Å². The highest BCUT2D eigenvalue weighted by Gasteiger charge is 2.21. The van der Waals surface area contributed by atoms with Crippen LogP contribution in [0.3, 0.4) is 0 Å². The average molecular weight is 305 g/mol. The van der Waals surface area contributed by atoms with Crippen LogP contribution in [0.1, 0.15) is 31.1 Å². The number of fused-ring (bicyclic) bond motifs is 1. The minimum atomic E-state index is -0.649. The van der Waals surface area contributed by atoms with Crippen LogP contribution >= 0.6 is 23.4 Å². The summed E-state index contributed by atoms with van der Waals surface area (Å²) in [4.78, 5) is 4.24. The maximum Gasteiger partial charge on any atom is 0.153 e. The van der Waals surface area contributed by atoms with Gasteiger partial charge in [0, 0.05) is 17.9 Å². The maximum absolute atomic E-state index is 13.8. The van der Waals surface area contributed by atoms with Crippen LogP contribution in [0.5, 0.6) is 0 Å². The Kier molecular flexibility index (Phi) is 4.36. The van der Waals surface area contributed by atoms with Gasteiger partial charge in [0.2, 0.25) is 0 Å². The summed E-state index contributed by atoms with van der Waals surface area (Å²) in [5.74, 6) is 0.142. The fourth-order valence-electron chi connectivity index (χ4n) is 2.20. The third kappa shape index (κ3) is 2.72. The van der Waals surface area contributed by atoms with E-state index in [0.29, 0.717) is 11.3 Å². The van der Waals surface area contributed by atoms with Gasteiger partial charge in [-0.25, -0.2) is 13.8 Å². The summed E-state index contributed by atoms with van der Waals surface area (Å²) in [6, 6.07) is 2.23. The molecule has 2 aromatic rings. The molecule has 1 aromatic carbocycles. The molecule has 1 aromatic heterocycles. The third-order valence-electron chi connectivity index (χ3n) is 2.95. The Bertz CT molecular complexity index is 598. The summed E-state index contributed by atoms with van der Waals surface area (Å²) in [5.41, 5.74) is 0.637. The normalized spacial score (nSPS) is 14.8. The SMILES string of the molecule is CSCC(C)n1c(C(C)Cl)nc2c(F)cc(F)cc21. The number of alkyl halides is 1. The van der Waals surface area contributed by atoms with E-state index in [9.17, 15) is 8.78 Å². The van der Waals surface area contributed by atoms with E-state index in [1.54, 1.807) is 18.7 Å². The van der Waals surface area contributed by atoms with Crippen LogP contribution in [0.25, 0.3) is 11.0 Å². The lowest BCUT2D eigenvalue weighted by atomic mass is 10.2. The first-order valence-electron chi connectivity index (χ1n) is 5.95. The number of hydrogen-bond acceptors (Lipinski definition) is 2. The highest BCUT2D eigenvalue weighted by atomic mass is 35.5. The molecule has 0 fully saturated rings. The van der Waals surface area contributed by atoms with Crippen molar-refractivity contribution in [3.8, 4) is 0 Å². The predicted molar refractivity (Wildman–Crippen MR) is 77.0 cm³/mol. The van der Waals surface area contributed by atoms with Crippen molar-refractivity contribution in [3.63, 3.8) is 0 Å². The number of hydrogen-bond donors (Lipinski definition) is 0. The minimum Gasteiger partial charge on any atom is -0.323 e. The van der Waals surface area contributed by atoms with Crippen molar-refractivity contribution in [2.24, 2.45) is 0 Å². The van der Waals surface area contributed by atoms with Gasteiger partial charge in [-0.2, -0.15) is 11.8 Å². The molecule has 0 bridgehead atoms. The monoisotopic (exact) mass is 304 g/mol. The molecule has 2 rings (SSSR count). The zero-order valence-electron chi connectivity index (χ0n) is 11.0. The minimum absolute atomic E-state index is 0.0670. The molecule has 2 unspecified atom stereocenters. The van der Waals surface area contributed by atoms with Crippen LogP contribution in [0, 0.1) is 11.6 Å². The summed E-state index contributed by atoms with van der Waals surface area (Å²) in [6.45, 7) is 3.77. The molecule has 0 saturated carbocycles. The summed E-state index contributed by atoms with van der Waals surface area (Å²) < 4.78 is 29.0. The van der Waals surface area contributed by atoms with E-state index in [2.05, 4.69) is 4.98 Å². The molecule has 0 radical (unpaired) electrons. The van der Waals surface area contributed by atoms with Gasteiger partial charge in [-0.1, -0.05) is 0 Å². The highest BCUT2D eigenvalue weighted by Crippen LogP contribution is 2.30. The third-order valence-corrected chi connectivity index (χ3v) is 3.96. The molecule has 0 aliphatic rings. The second kappa shape index (κ2) is 5.67. The summed E-state index contributed by atoms with van der Waals surface area (Å²) in [6.07, 6.45) is 1.99. The van der Waals surface area contributed by atoms with Crippen molar-refractivity contribution in [1.29, 1.82) is 0 Å². The number of halogens is 3. The number of nitrogens with zero attached hydrogens (tertiary/aromatic N) is 2. The Morgan fingerprint density at radius 1 is 1.37 bits per heavy atom. The van der Waals surface area contributed by atoms with Crippen molar-refractivity contribution in [1.82, 2.24) is 9.55 Å². The molecule has 0 saturated heterocycles. The Labute approximate surface area is 120 Å². The molecule has 104 valence electrons. The van der Waals surface area contributed by atoms with Crippen LogP contribution in [0.15, 0.2) is 12.1 Å². The van der Waals surface area contributed by atoms with Gasteiger partial charge >= 0.3 is 0 Å². The van der Waals surface area contributed by atoms with E-state index in [4.69, 9.17) is 11.6 Å².